The molecule has 0 spiro atoms. The minimum absolute atomic E-state index is 0.903. The van der Waals surface area contributed by atoms with Gasteiger partial charge in [0.15, 0.2) is 0 Å². The number of hydrogen-bond acceptors (Lipinski definition) is 2. The molecule has 0 radical (unpaired) electrons. The van der Waals surface area contributed by atoms with Crippen molar-refractivity contribution in [2.75, 3.05) is 0 Å². The average molecular weight is 120 g/mol. The molecule has 0 amide bonds. The molecule has 0 aliphatic carbocycles. The van der Waals surface area contributed by atoms with Gasteiger partial charge < -0.3 is 0 Å². The van der Waals surface area contributed by atoms with Gasteiger partial charge in [0.25, 0.3) is 0 Å². The highest BCUT2D eigenvalue weighted by atomic mass is 14.7. The Morgan fingerprint density at radius 2 is 2.33 bits per heavy atom. The van der Waals surface area contributed by atoms with Gasteiger partial charge in [0, 0.05) is 12.4 Å². The van der Waals surface area contributed by atoms with Crippen LogP contribution in [0, 0.1) is 0 Å². The lowest BCUT2D eigenvalue weighted by Crippen LogP contribution is -1.78. The van der Waals surface area contributed by atoms with Crippen molar-refractivity contribution in [1.82, 2.24) is 9.97 Å². The van der Waals surface area contributed by atoms with Gasteiger partial charge in [0.05, 0.1) is 11.9 Å². The maximum absolute atomic E-state index is 4.02. The summed E-state index contributed by atoms with van der Waals surface area (Å²) in [4.78, 5) is 7.91. The minimum atomic E-state index is 0.903. The van der Waals surface area contributed by atoms with E-state index in [1.165, 1.54) is 0 Å². The maximum atomic E-state index is 4.02. The monoisotopic (exact) mass is 120 g/mol. The lowest BCUT2D eigenvalue weighted by atomic mass is 10.4. The summed E-state index contributed by atoms with van der Waals surface area (Å²) >= 11 is 0. The zero-order valence-electron chi connectivity index (χ0n) is 5.28. The molecule has 2 nitrogen and oxygen atoms in total. The number of allylic oxidation sites excluding steroid dienone is 1. The third-order valence-corrected chi connectivity index (χ3v) is 0.921. The van der Waals surface area contributed by atoms with Crippen LogP contribution < -0.4 is 0 Å². The SMILES string of the molecule is CC=Cc1cnccn1. The molecule has 46 valence electrons. The first kappa shape index (κ1) is 5.95. The second-order valence-electron chi connectivity index (χ2n) is 1.63. The van der Waals surface area contributed by atoms with Gasteiger partial charge in [-0.3, -0.25) is 9.97 Å². The first-order chi connectivity index (χ1) is 4.43. The average Bonchev–Trinajstić information content (AvgIpc) is 1.91. The van der Waals surface area contributed by atoms with E-state index < -0.39 is 0 Å². The predicted octanol–water partition coefficient (Wildman–Crippen LogP) is 1.51. The lowest BCUT2D eigenvalue weighted by Gasteiger charge is -1.85. The first-order valence-electron chi connectivity index (χ1n) is 2.82. The van der Waals surface area contributed by atoms with E-state index in [4.69, 9.17) is 0 Å². The van der Waals surface area contributed by atoms with E-state index in [2.05, 4.69) is 9.97 Å². The summed E-state index contributed by atoms with van der Waals surface area (Å²) < 4.78 is 0. The Labute approximate surface area is 54.3 Å². The van der Waals surface area contributed by atoms with E-state index in [1.54, 1.807) is 18.6 Å². The van der Waals surface area contributed by atoms with Crippen LogP contribution in [0.2, 0.25) is 0 Å². The molecule has 0 saturated heterocycles. The van der Waals surface area contributed by atoms with Crippen LogP contribution in [0.1, 0.15) is 12.6 Å². The van der Waals surface area contributed by atoms with Crippen molar-refractivity contribution in [1.29, 1.82) is 0 Å². The van der Waals surface area contributed by atoms with Crippen LogP contribution in [0.5, 0.6) is 0 Å². The molecule has 1 aromatic heterocycles. The van der Waals surface area contributed by atoms with Crippen molar-refractivity contribution < 1.29 is 0 Å². The van der Waals surface area contributed by atoms with Gasteiger partial charge in [-0.25, -0.2) is 0 Å². The second kappa shape index (κ2) is 2.97. The van der Waals surface area contributed by atoms with Crippen LogP contribution in [-0.4, -0.2) is 9.97 Å². The third kappa shape index (κ3) is 1.64. The van der Waals surface area contributed by atoms with Gasteiger partial charge in [-0.05, 0) is 13.0 Å². The third-order valence-electron chi connectivity index (χ3n) is 0.921. The smallest absolute Gasteiger partial charge is 0.0809 e. The largest absolute Gasteiger partial charge is 0.261 e. The summed E-state index contributed by atoms with van der Waals surface area (Å²) in [7, 11) is 0. The van der Waals surface area contributed by atoms with Crippen molar-refractivity contribution in [2.24, 2.45) is 0 Å². The Morgan fingerprint density at radius 3 is 2.89 bits per heavy atom. The van der Waals surface area contributed by atoms with Crippen molar-refractivity contribution >= 4 is 6.08 Å². The Kier molecular flexibility index (Phi) is 1.96. The standard InChI is InChI=1S/C7H8N2/c1-2-3-7-6-8-4-5-9-7/h2-6H,1H3. The highest BCUT2D eigenvalue weighted by molar-refractivity contribution is 5.41. The summed E-state index contributed by atoms with van der Waals surface area (Å²) in [5.74, 6) is 0. The van der Waals surface area contributed by atoms with Crippen molar-refractivity contribution in [3.05, 3.63) is 30.4 Å². The topological polar surface area (TPSA) is 25.8 Å². The second-order valence-corrected chi connectivity index (χ2v) is 1.63. The van der Waals surface area contributed by atoms with Gasteiger partial charge >= 0.3 is 0 Å². The van der Waals surface area contributed by atoms with Gasteiger partial charge in [-0.1, -0.05) is 6.08 Å². The van der Waals surface area contributed by atoms with Crippen LogP contribution >= 0.6 is 0 Å². The van der Waals surface area contributed by atoms with Crippen molar-refractivity contribution in [3.8, 4) is 0 Å². The van der Waals surface area contributed by atoms with Gasteiger partial charge in [-0.15, -0.1) is 0 Å². The van der Waals surface area contributed by atoms with Gasteiger partial charge in [0.2, 0.25) is 0 Å². The number of rotatable bonds is 1. The molecule has 0 aliphatic heterocycles. The fourth-order valence-electron chi connectivity index (χ4n) is 0.567. The zero-order valence-corrected chi connectivity index (χ0v) is 5.28. The molecule has 0 N–H and O–H groups in total. The molecular formula is C7H8N2. The molecule has 0 bridgehead atoms. The highest BCUT2D eigenvalue weighted by Gasteiger charge is 1.80. The van der Waals surface area contributed by atoms with Crippen LogP contribution in [0.15, 0.2) is 24.7 Å². The van der Waals surface area contributed by atoms with Crippen molar-refractivity contribution in [3.63, 3.8) is 0 Å². The minimum Gasteiger partial charge on any atom is -0.261 e. The predicted molar refractivity (Wildman–Crippen MR) is 36.7 cm³/mol. The van der Waals surface area contributed by atoms with E-state index in [1.807, 2.05) is 19.1 Å². The van der Waals surface area contributed by atoms with Crippen LogP contribution in [0.25, 0.3) is 6.08 Å². The van der Waals surface area contributed by atoms with E-state index in [-0.39, 0.29) is 0 Å². The highest BCUT2D eigenvalue weighted by Crippen LogP contribution is 1.91. The summed E-state index contributed by atoms with van der Waals surface area (Å²) in [5.41, 5.74) is 0.903. The Hall–Kier alpha value is -1.18. The summed E-state index contributed by atoms with van der Waals surface area (Å²) in [5, 5.41) is 0. The van der Waals surface area contributed by atoms with Crippen LogP contribution in [-0.2, 0) is 0 Å². The zero-order chi connectivity index (χ0) is 6.53. The molecule has 9 heavy (non-hydrogen) atoms. The van der Waals surface area contributed by atoms with E-state index in [0.29, 0.717) is 0 Å². The number of nitrogens with zero attached hydrogens (tertiary/aromatic N) is 2. The van der Waals surface area contributed by atoms with Crippen LogP contribution in [0.4, 0.5) is 0 Å². The number of hydrogen-bond donors (Lipinski definition) is 0. The molecule has 0 saturated carbocycles. The van der Waals surface area contributed by atoms with Crippen LogP contribution in [0.3, 0.4) is 0 Å². The summed E-state index contributed by atoms with van der Waals surface area (Å²) in [6.45, 7) is 1.95. The van der Waals surface area contributed by atoms with Crippen molar-refractivity contribution in [2.45, 2.75) is 6.92 Å². The molecule has 0 atom stereocenters. The summed E-state index contributed by atoms with van der Waals surface area (Å²) in [6, 6.07) is 0. The Bertz CT molecular complexity index is 191. The fraction of sp³-hybridized carbons (Fsp3) is 0.143. The summed E-state index contributed by atoms with van der Waals surface area (Å²) in [6.07, 6.45) is 8.90. The molecule has 0 unspecified atom stereocenters. The van der Waals surface area contributed by atoms with Gasteiger partial charge in [0.1, 0.15) is 0 Å². The maximum Gasteiger partial charge on any atom is 0.0809 e. The Morgan fingerprint density at radius 1 is 1.44 bits per heavy atom. The van der Waals surface area contributed by atoms with E-state index in [0.717, 1.165) is 5.69 Å². The van der Waals surface area contributed by atoms with E-state index >= 15 is 0 Å². The molecule has 0 aromatic carbocycles. The van der Waals surface area contributed by atoms with Gasteiger partial charge in [-0.2, -0.15) is 0 Å². The molecule has 1 aromatic rings. The first-order valence-corrected chi connectivity index (χ1v) is 2.82. The molecule has 2 heteroatoms. The van der Waals surface area contributed by atoms with E-state index in [9.17, 15) is 0 Å². The number of aromatic nitrogens is 2. The Balaban J connectivity index is 2.85. The molecule has 1 heterocycles. The normalized spacial score (nSPS) is 10.3. The molecule has 0 fully saturated rings. The quantitative estimate of drug-likeness (QED) is 0.561. The molecule has 1 rings (SSSR count). The lowest BCUT2D eigenvalue weighted by molar-refractivity contribution is 1.18. The molecule has 0 aliphatic rings. The molecular weight excluding hydrogens is 112 g/mol. The fourth-order valence-corrected chi connectivity index (χ4v) is 0.567.